The number of nitrogens with two attached hydrogens (primary N) is 1. The summed E-state index contributed by atoms with van der Waals surface area (Å²) in [6, 6.07) is 10.7. The second-order valence-electron chi connectivity index (χ2n) is 5.05. The van der Waals surface area contributed by atoms with Crippen molar-refractivity contribution in [1.29, 1.82) is 0 Å². The third kappa shape index (κ3) is 2.12. The smallest absolute Gasteiger partial charge is 0.250 e. The zero-order chi connectivity index (χ0) is 15.1. The summed E-state index contributed by atoms with van der Waals surface area (Å²) in [5, 5.41) is 3.09. The van der Waals surface area contributed by atoms with Crippen molar-refractivity contribution in [3.63, 3.8) is 0 Å². The van der Waals surface area contributed by atoms with Crippen molar-refractivity contribution in [2.75, 3.05) is 22.5 Å². The summed E-state index contributed by atoms with van der Waals surface area (Å²) in [6.07, 6.45) is 0.384. The lowest BCUT2D eigenvalue weighted by Crippen LogP contribution is -2.37. The second-order valence-corrected chi connectivity index (χ2v) is 5.05. The Kier molecular flexibility index (Phi) is 2.72. The minimum atomic E-state index is -0.120. The molecule has 110 valence electrons. The highest BCUT2D eigenvalue weighted by molar-refractivity contribution is 6.18. The number of ether oxygens (including phenoxy) is 1. The quantitative estimate of drug-likeness (QED) is 0.823. The second kappa shape index (κ2) is 4.73. The maximum Gasteiger partial charge on any atom is 0.250 e. The number of carbonyl (C=O) groups excluding carboxylic acids is 1. The number of nitrogens with one attached hydrogen (secondary N) is 1. The van der Waals surface area contributed by atoms with Crippen LogP contribution in [0.5, 0.6) is 11.6 Å². The molecule has 0 fully saturated rings. The molecule has 0 aliphatic carbocycles. The first-order valence-corrected chi connectivity index (χ1v) is 6.89. The van der Waals surface area contributed by atoms with Gasteiger partial charge in [0.2, 0.25) is 11.8 Å². The van der Waals surface area contributed by atoms with Crippen LogP contribution in [0.4, 0.5) is 17.2 Å². The van der Waals surface area contributed by atoms with Crippen molar-refractivity contribution in [2.24, 2.45) is 4.99 Å². The lowest BCUT2D eigenvalue weighted by atomic mass is 10.3. The summed E-state index contributed by atoms with van der Waals surface area (Å²) in [6.45, 7) is 0.565. The number of aromatic nitrogens is 1. The standard InChI is InChI=1S/C15H13N5O2/c16-9-1-3-10(4-2-9)22-13-6-5-11-14(19-13)20-8-7-12(21)18-15(20)17-11/h1-6H,7-8,16H2,(H,17,18,21). The van der Waals surface area contributed by atoms with E-state index < -0.39 is 0 Å². The lowest BCUT2D eigenvalue weighted by molar-refractivity contribution is -0.117. The Morgan fingerprint density at radius 2 is 2.00 bits per heavy atom. The predicted octanol–water partition coefficient (Wildman–Crippen LogP) is 1.97. The highest BCUT2D eigenvalue weighted by Crippen LogP contribution is 2.34. The molecule has 0 atom stereocenters. The van der Waals surface area contributed by atoms with E-state index in [1.165, 1.54) is 0 Å². The number of hydrogen-bond acceptors (Lipinski definition) is 6. The molecule has 0 radical (unpaired) electrons. The Morgan fingerprint density at radius 1 is 1.18 bits per heavy atom. The van der Waals surface area contributed by atoms with Crippen LogP contribution in [0.3, 0.4) is 0 Å². The van der Waals surface area contributed by atoms with Gasteiger partial charge in [0, 0.05) is 24.7 Å². The average molecular weight is 295 g/mol. The molecule has 0 saturated carbocycles. The first kappa shape index (κ1) is 12.6. The summed E-state index contributed by atoms with van der Waals surface area (Å²) in [7, 11) is 0. The molecule has 4 rings (SSSR count). The number of nitrogens with zero attached hydrogens (tertiary/aromatic N) is 3. The Bertz CT molecular complexity index is 785. The van der Waals surface area contributed by atoms with Gasteiger partial charge in [0.05, 0.1) is 5.69 Å². The molecule has 1 amide bonds. The van der Waals surface area contributed by atoms with Crippen LogP contribution in [0.2, 0.25) is 0 Å². The number of aliphatic imine (C=N–C) groups is 1. The summed E-state index contributed by atoms with van der Waals surface area (Å²) in [4.78, 5) is 21.7. The first-order chi connectivity index (χ1) is 10.7. The van der Waals surface area contributed by atoms with Gasteiger partial charge in [-0.05, 0) is 30.3 Å². The van der Waals surface area contributed by atoms with Crippen molar-refractivity contribution >= 4 is 29.1 Å². The van der Waals surface area contributed by atoms with E-state index in [1.54, 1.807) is 30.3 Å². The number of anilines is 3. The van der Waals surface area contributed by atoms with Gasteiger partial charge in [0.15, 0.2) is 5.82 Å². The normalized spacial score (nSPS) is 15.7. The van der Waals surface area contributed by atoms with E-state index >= 15 is 0 Å². The van der Waals surface area contributed by atoms with E-state index in [9.17, 15) is 4.79 Å². The minimum Gasteiger partial charge on any atom is -0.439 e. The van der Waals surface area contributed by atoms with E-state index in [4.69, 9.17) is 10.5 Å². The number of fused-ring (bicyclic) bond motifs is 3. The molecule has 7 nitrogen and oxygen atoms in total. The molecule has 2 aliphatic rings. The summed E-state index contributed by atoms with van der Waals surface area (Å²) in [5.41, 5.74) is 7.15. The summed E-state index contributed by atoms with van der Waals surface area (Å²) < 4.78 is 5.73. The Morgan fingerprint density at radius 3 is 2.82 bits per heavy atom. The number of benzene rings is 1. The molecule has 0 spiro atoms. The van der Waals surface area contributed by atoms with E-state index in [1.807, 2.05) is 11.0 Å². The molecule has 2 aromatic rings. The van der Waals surface area contributed by atoms with Gasteiger partial charge in [-0.3, -0.25) is 9.69 Å². The molecular formula is C15H13N5O2. The molecule has 22 heavy (non-hydrogen) atoms. The molecule has 1 aromatic heterocycles. The van der Waals surface area contributed by atoms with Gasteiger partial charge in [-0.2, -0.15) is 9.98 Å². The molecule has 7 heteroatoms. The minimum absolute atomic E-state index is 0.120. The van der Waals surface area contributed by atoms with Crippen molar-refractivity contribution in [3.8, 4) is 11.6 Å². The fraction of sp³-hybridized carbons (Fsp3) is 0.133. The van der Waals surface area contributed by atoms with Gasteiger partial charge in [0.25, 0.3) is 5.91 Å². The molecule has 0 unspecified atom stereocenters. The highest BCUT2D eigenvalue weighted by Gasteiger charge is 2.31. The summed E-state index contributed by atoms with van der Waals surface area (Å²) in [5.74, 6) is 2.27. The van der Waals surface area contributed by atoms with Gasteiger partial charge in [-0.1, -0.05) is 0 Å². The lowest BCUT2D eigenvalue weighted by Gasteiger charge is -2.20. The van der Waals surface area contributed by atoms with Crippen molar-refractivity contribution in [2.45, 2.75) is 6.42 Å². The van der Waals surface area contributed by atoms with Crippen LogP contribution in [0, 0.1) is 0 Å². The molecule has 0 saturated heterocycles. The fourth-order valence-corrected chi connectivity index (χ4v) is 2.42. The van der Waals surface area contributed by atoms with Gasteiger partial charge >= 0.3 is 0 Å². The zero-order valence-corrected chi connectivity index (χ0v) is 11.6. The Labute approximate surface area is 126 Å². The van der Waals surface area contributed by atoms with Crippen molar-refractivity contribution in [3.05, 3.63) is 36.4 Å². The molecule has 3 heterocycles. The van der Waals surface area contributed by atoms with Crippen LogP contribution in [-0.4, -0.2) is 23.4 Å². The molecule has 0 bridgehead atoms. The van der Waals surface area contributed by atoms with Crippen LogP contribution in [0.1, 0.15) is 6.42 Å². The predicted molar refractivity (Wildman–Crippen MR) is 83.2 cm³/mol. The van der Waals surface area contributed by atoms with E-state index in [0.717, 1.165) is 11.5 Å². The summed E-state index contributed by atoms with van der Waals surface area (Å²) >= 11 is 0. The number of rotatable bonds is 2. The topological polar surface area (TPSA) is 92.8 Å². The van der Waals surface area contributed by atoms with Crippen LogP contribution >= 0.6 is 0 Å². The monoisotopic (exact) mass is 295 g/mol. The fourth-order valence-electron chi connectivity index (χ4n) is 2.42. The number of pyridine rings is 1. The van der Waals surface area contributed by atoms with E-state index in [0.29, 0.717) is 36.2 Å². The van der Waals surface area contributed by atoms with Crippen LogP contribution in [-0.2, 0) is 4.79 Å². The SMILES string of the molecule is Nc1ccc(Oc2ccc3c(n2)N2CCC(=O)N=C2N3)cc1. The average Bonchev–Trinajstić information content (AvgIpc) is 2.86. The van der Waals surface area contributed by atoms with E-state index in [2.05, 4.69) is 15.3 Å². The van der Waals surface area contributed by atoms with Crippen LogP contribution < -0.4 is 20.7 Å². The van der Waals surface area contributed by atoms with Gasteiger partial charge < -0.3 is 15.8 Å². The zero-order valence-electron chi connectivity index (χ0n) is 11.6. The van der Waals surface area contributed by atoms with Crippen LogP contribution in [0.25, 0.3) is 0 Å². The Balaban J connectivity index is 1.63. The largest absolute Gasteiger partial charge is 0.439 e. The van der Waals surface area contributed by atoms with Crippen molar-refractivity contribution in [1.82, 2.24) is 4.98 Å². The maximum absolute atomic E-state index is 11.4. The molecule has 1 aromatic carbocycles. The van der Waals surface area contributed by atoms with Crippen LogP contribution in [0.15, 0.2) is 41.4 Å². The molecule has 2 aliphatic heterocycles. The number of hydrogen-bond donors (Lipinski definition) is 2. The van der Waals surface area contributed by atoms with Gasteiger partial charge in [-0.25, -0.2) is 0 Å². The third-order valence-electron chi connectivity index (χ3n) is 3.49. The molecular weight excluding hydrogens is 282 g/mol. The van der Waals surface area contributed by atoms with Gasteiger partial charge in [-0.15, -0.1) is 0 Å². The number of guanidine groups is 1. The van der Waals surface area contributed by atoms with Gasteiger partial charge in [0.1, 0.15) is 5.75 Å². The van der Waals surface area contributed by atoms with Crippen molar-refractivity contribution < 1.29 is 9.53 Å². The first-order valence-electron chi connectivity index (χ1n) is 6.89. The highest BCUT2D eigenvalue weighted by atomic mass is 16.5. The maximum atomic E-state index is 11.4. The third-order valence-corrected chi connectivity index (χ3v) is 3.49. The number of nitrogen functional groups attached to an aromatic ring is 1. The van der Waals surface area contributed by atoms with E-state index in [-0.39, 0.29) is 5.91 Å². The Hall–Kier alpha value is -3.09. The number of carbonyl (C=O) groups is 1. The number of amides is 1. The molecule has 3 N–H and O–H groups in total.